The van der Waals surface area contributed by atoms with Crippen molar-refractivity contribution in [3.05, 3.63) is 48.0 Å². The van der Waals surface area contributed by atoms with E-state index >= 15 is 0 Å². The summed E-state index contributed by atoms with van der Waals surface area (Å²) in [5.74, 6) is 1.76. The molecule has 2 N–H and O–H groups in total. The molecule has 148 valence electrons. The molecule has 0 spiro atoms. The highest BCUT2D eigenvalue weighted by atomic mass is 16.6. The molecule has 0 saturated carbocycles. The Morgan fingerprint density at radius 2 is 1.75 bits per heavy atom. The number of ether oxygens (including phenoxy) is 3. The summed E-state index contributed by atoms with van der Waals surface area (Å²) in [6.07, 6.45) is 0.444. The van der Waals surface area contributed by atoms with Crippen molar-refractivity contribution in [2.45, 2.75) is 19.8 Å². The summed E-state index contributed by atoms with van der Waals surface area (Å²) < 4.78 is 16.3. The zero-order valence-corrected chi connectivity index (χ0v) is 15.8. The second-order valence-electron chi connectivity index (χ2n) is 6.26. The third kappa shape index (κ3) is 5.64. The number of hydrogen-bond acceptors (Lipinski definition) is 5. The highest BCUT2D eigenvalue weighted by Gasteiger charge is 2.13. The predicted molar refractivity (Wildman–Crippen MR) is 105 cm³/mol. The van der Waals surface area contributed by atoms with E-state index in [0.29, 0.717) is 37.0 Å². The van der Waals surface area contributed by atoms with Gasteiger partial charge in [-0.15, -0.1) is 0 Å². The number of anilines is 1. The second-order valence-corrected chi connectivity index (χ2v) is 6.26. The lowest BCUT2D eigenvalue weighted by molar-refractivity contribution is -0.120. The number of nitrogens with one attached hydrogen (secondary N) is 2. The number of rotatable bonds is 8. The van der Waals surface area contributed by atoms with E-state index in [9.17, 15) is 9.59 Å². The van der Waals surface area contributed by atoms with Crippen LogP contribution in [0.2, 0.25) is 0 Å². The molecule has 0 radical (unpaired) electrons. The summed E-state index contributed by atoms with van der Waals surface area (Å²) in [6.45, 7) is 3.81. The Morgan fingerprint density at radius 1 is 1.00 bits per heavy atom. The monoisotopic (exact) mass is 384 g/mol. The minimum atomic E-state index is -0.182. The van der Waals surface area contributed by atoms with Crippen LogP contribution in [0.5, 0.6) is 17.2 Å². The second kappa shape index (κ2) is 9.64. The minimum absolute atomic E-state index is 0.128. The van der Waals surface area contributed by atoms with Gasteiger partial charge in [0.2, 0.25) is 11.8 Å². The van der Waals surface area contributed by atoms with E-state index < -0.39 is 0 Å². The van der Waals surface area contributed by atoms with E-state index in [0.717, 1.165) is 11.3 Å². The first-order chi connectivity index (χ1) is 13.6. The Bertz CT molecular complexity index is 820. The van der Waals surface area contributed by atoms with Crippen molar-refractivity contribution >= 4 is 17.5 Å². The van der Waals surface area contributed by atoms with E-state index in [1.54, 1.807) is 18.2 Å². The maximum atomic E-state index is 12.1. The van der Waals surface area contributed by atoms with Crippen molar-refractivity contribution in [3.63, 3.8) is 0 Å². The Hall–Kier alpha value is -3.22. The number of carbonyl (C=O) groups excluding carboxylic acids is 2. The largest absolute Gasteiger partial charge is 0.494 e. The van der Waals surface area contributed by atoms with Crippen LogP contribution in [0.3, 0.4) is 0 Å². The van der Waals surface area contributed by atoms with Crippen LogP contribution in [0.1, 0.15) is 18.9 Å². The molecule has 0 saturated heterocycles. The fourth-order valence-corrected chi connectivity index (χ4v) is 2.78. The van der Waals surface area contributed by atoms with Gasteiger partial charge in [-0.3, -0.25) is 9.59 Å². The topological polar surface area (TPSA) is 85.9 Å². The van der Waals surface area contributed by atoms with Crippen LogP contribution in [0.25, 0.3) is 0 Å². The smallest absolute Gasteiger partial charge is 0.226 e. The van der Waals surface area contributed by atoms with Gasteiger partial charge >= 0.3 is 0 Å². The molecule has 28 heavy (non-hydrogen) atoms. The van der Waals surface area contributed by atoms with Gasteiger partial charge in [-0.05, 0) is 36.8 Å². The third-order valence-corrected chi connectivity index (χ3v) is 4.10. The van der Waals surface area contributed by atoms with Crippen molar-refractivity contribution in [2.75, 3.05) is 31.7 Å². The third-order valence-electron chi connectivity index (χ3n) is 4.10. The molecule has 2 amide bonds. The van der Waals surface area contributed by atoms with Crippen LogP contribution < -0.4 is 24.8 Å². The molecule has 3 rings (SSSR count). The van der Waals surface area contributed by atoms with Gasteiger partial charge in [0.25, 0.3) is 0 Å². The first-order valence-corrected chi connectivity index (χ1v) is 9.32. The van der Waals surface area contributed by atoms with Crippen LogP contribution in [0.4, 0.5) is 5.69 Å². The molecular weight excluding hydrogens is 360 g/mol. The van der Waals surface area contributed by atoms with E-state index in [4.69, 9.17) is 14.2 Å². The SMILES string of the molecule is CCOc1ccc(CC(=O)NCCC(=O)Nc2ccc3c(c2)OCCO3)cc1. The normalized spacial score (nSPS) is 12.2. The quantitative estimate of drug-likeness (QED) is 0.731. The van der Waals surface area contributed by atoms with Gasteiger partial charge in [0.05, 0.1) is 13.0 Å². The molecule has 1 heterocycles. The van der Waals surface area contributed by atoms with Crippen LogP contribution in [0, 0.1) is 0 Å². The van der Waals surface area contributed by atoms with E-state index in [1.807, 2.05) is 31.2 Å². The van der Waals surface area contributed by atoms with Gasteiger partial charge in [0, 0.05) is 24.7 Å². The van der Waals surface area contributed by atoms with Crippen LogP contribution >= 0.6 is 0 Å². The zero-order chi connectivity index (χ0) is 19.8. The van der Waals surface area contributed by atoms with Crippen molar-refractivity contribution in [2.24, 2.45) is 0 Å². The summed E-state index contributed by atoms with van der Waals surface area (Å²) >= 11 is 0. The highest BCUT2D eigenvalue weighted by molar-refractivity contribution is 5.91. The van der Waals surface area contributed by atoms with Gasteiger partial charge in [-0.1, -0.05) is 12.1 Å². The Balaban J connectivity index is 1.39. The molecule has 0 atom stereocenters. The molecule has 2 aromatic rings. The number of carbonyl (C=O) groups is 2. The van der Waals surface area contributed by atoms with Crippen LogP contribution in [0.15, 0.2) is 42.5 Å². The van der Waals surface area contributed by atoms with Gasteiger partial charge in [-0.2, -0.15) is 0 Å². The molecule has 0 aromatic heterocycles. The van der Waals surface area contributed by atoms with Crippen LogP contribution in [-0.4, -0.2) is 38.2 Å². The molecule has 7 nitrogen and oxygen atoms in total. The number of hydrogen-bond donors (Lipinski definition) is 2. The van der Waals surface area contributed by atoms with Crippen molar-refractivity contribution in [3.8, 4) is 17.2 Å². The molecule has 1 aliphatic heterocycles. The minimum Gasteiger partial charge on any atom is -0.494 e. The summed E-state index contributed by atoms with van der Waals surface area (Å²) in [5, 5.41) is 5.56. The summed E-state index contributed by atoms with van der Waals surface area (Å²) in [7, 11) is 0. The Morgan fingerprint density at radius 3 is 2.50 bits per heavy atom. The average molecular weight is 384 g/mol. The fraction of sp³-hybridized carbons (Fsp3) is 0.333. The van der Waals surface area contributed by atoms with E-state index in [-0.39, 0.29) is 31.2 Å². The van der Waals surface area contributed by atoms with Gasteiger partial charge in [0.1, 0.15) is 19.0 Å². The Labute approximate surface area is 164 Å². The molecule has 0 bridgehead atoms. The average Bonchev–Trinajstić information content (AvgIpc) is 2.69. The van der Waals surface area contributed by atoms with Crippen molar-refractivity contribution < 1.29 is 23.8 Å². The van der Waals surface area contributed by atoms with Crippen molar-refractivity contribution in [1.82, 2.24) is 5.32 Å². The summed E-state index contributed by atoms with van der Waals surface area (Å²) in [4.78, 5) is 24.1. The van der Waals surface area contributed by atoms with E-state index in [2.05, 4.69) is 10.6 Å². The van der Waals surface area contributed by atoms with Gasteiger partial charge in [-0.25, -0.2) is 0 Å². The van der Waals surface area contributed by atoms with Gasteiger partial charge < -0.3 is 24.8 Å². The fourth-order valence-electron chi connectivity index (χ4n) is 2.78. The first kappa shape index (κ1) is 19.5. The summed E-state index contributed by atoms with van der Waals surface area (Å²) in [6, 6.07) is 12.7. The molecule has 2 aromatic carbocycles. The standard InChI is InChI=1S/C21H24N2O5/c1-2-26-17-6-3-15(4-7-17)13-21(25)22-10-9-20(24)23-16-5-8-18-19(14-16)28-12-11-27-18/h3-8,14H,2,9-13H2,1H3,(H,22,25)(H,23,24). The Kier molecular flexibility index (Phi) is 6.73. The highest BCUT2D eigenvalue weighted by Crippen LogP contribution is 2.32. The number of fused-ring (bicyclic) bond motifs is 1. The molecule has 0 aliphatic carbocycles. The molecule has 0 unspecified atom stereocenters. The molecule has 1 aliphatic rings. The maximum Gasteiger partial charge on any atom is 0.226 e. The molecule has 7 heteroatoms. The predicted octanol–water partition coefficient (Wildman–Crippen LogP) is 2.54. The number of benzene rings is 2. The zero-order valence-electron chi connectivity index (χ0n) is 15.8. The lowest BCUT2D eigenvalue weighted by Gasteiger charge is -2.19. The van der Waals surface area contributed by atoms with Crippen molar-refractivity contribution in [1.29, 1.82) is 0 Å². The lowest BCUT2D eigenvalue weighted by Crippen LogP contribution is -2.28. The molecular formula is C21H24N2O5. The lowest BCUT2D eigenvalue weighted by atomic mass is 10.1. The van der Waals surface area contributed by atoms with Crippen LogP contribution in [-0.2, 0) is 16.0 Å². The molecule has 0 fully saturated rings. The van der Waals surface area contributed by atoms with E-state index in [1.165, 1.54) is 0 Å². The number of amides is 2. The summed E-state index contributed by atoms with van der Waals surface area (Å²) in [5.41, 5.74) is 1.52. The van der Waals surface area contributed by atoms with Gasteiger partial charge in [0.15, 0.2) is 11.5 Å². The maximum absolute atomic E-state index is 12.1. The first-order valence-electron chi connectivity index (χ1n) is 9.32.